The summed E-state index contributed by atoms with van der Waals surface area (Å²) in [5.74, 6) is -0.199. The van der Waals surface area contributed by atoms with Gasteiger partial charge in [0.15, 0.2) is 11.5 Å². The van der Waals surface area contributed by atoms with Gasteiger partial charge < -0.3 is 34.6 Å². The first-order chi connectivity index (χ1) is 17.9. The Morgan fingerprint density at radius 3 is 2.32 bits per heavy atom. The van der Waals surface area contributed by atoms with Crippen LogP contribution in [0.2, 0.25) is 0 Å². The Bertz CT molecular complexity index is 1530. The lowest BCUT2D eigenvalue weighted by Gasteiger charge is -2.47. The maximum Gasteiger partial charge on any atom is 0.278 e. The van der Waals surface area contributed by atoms with E-state index in [1.165, 1.54) is 12.1 Å². The van der Waals surface area contributed by atoms with Crippen molar-refractivity contribution in [2.24, 2.45) is 0 Å². The number of fused-ring (bicyclic) bond motifs is 8. The van der Waals surface area contributed by atoms with E-state index in [0.717, 1.165) is 16.7 Å². The van der Waals surface area contributed by atoms with Gasteiger partial charge in [-0.25, -0.2) is 0 Å². The zero-order chi connectivity index (χ0) is 25.3. The molecule has 2 bridgehead atoms. The molecule has 3 heterocycles. The second-order valence-electron chi connectivity index (χ2n) is 9.79. The standard InChI is InChI=1S/C30H24O7/c31-21-11-10-16(12-23(21)33)28-24(34)13-19-22(32)14-26-27(29(19)35-28)20-15-30(37-26,17-6-2-1-3-7-17)36-25-9-5-4-8-18(20)25/h1-12,14,20,24,28,31-34H,13,15H2/t20-,24-,28+,30-/m0/s1. The molecule has 7 heteroatoms. The molecule has 0 aromatic heterocycles. The summed E-state index contributed by atoms with van der Waals surface area (Å²) in [7, 11) is 0. The van der Waals surface area contributed by atoms with Crippen molar-refractivity contribution >= 4 is 0 Å². The third-order valence-electron chi connectivity index (χ3n) is 7.58. The fourth-order valence-electron chi connectivity index (χ4n) is 5.84. The minimum Gasteiger partial charge on any atom is -0.507 e. The predicted molar refractivity (Wildman–Crippen MR) is 133 cm³/mol. The maximum atomic E-state index is 11.0. The summed E-state index contributed by atoms with van der Waals surface area (Å²) in [4.78, 5) is 0. The smallest absolute Gasteiger partial charge is 0.278 e. The number of phenolic OH excluding ortho intramolecular Hbond substituents is 3. The van der Waals surface area contributed by atoms with E-state index in [4.69, 9.17) is 14.2 Å². The van der Waals surface area contributed by atoms with Gasteiger partial charge in [0, 0.05) is 47.1 Å². The van der Waals surface area contributed by atoms with Crippen molar-refractivity contribution in [1.29, 1.82) is 0 Å². The third-order valence-corrected chi connectivity index (χ3v) is 7.58. The number of rotatable bonds is 2. The molecule has 0 saturated heterocycles. The van der Waals surface area contributed by atoms with E-state index >= 15 is 0 Å². The molecular formula is C30H24O7. The van der Waals surface area contributed by atoms with Crippen LogP contribution in [-0.4, -0.2) is 26.5 Å². The van der Waals surface area contributed by atoms with Gasteiger partial charge in [-0.3, -0.25) is 0 Å². The molecule has 0 amide bonds. The van der Waals surface area contributed by atoms with Crippen LogP contribution >= 0.6 is 0 Å². The monoisotopic (exact) mass is 496 g/mol. The van der Waals surface area contributed by atoms with Gasteiger partial charge in [-0.2, -0.15) is 0 Å². The highest BCUT2D eigenvalue weighted by molar-refractivity contribution is 5.64. The Morgan fingerprint density at radius 1 is 0.757 bits per heavy atom. The normalized spacial score (nSPS) is 24.9. The first kappa shape index (κ1) is 21.9. The minimum absolute atomic E-state index is 0.0312. The molecule has 7 nitrogen and oxygen atoms in total. The molecule has 4 aromatic rings. The average Bonchev–Trinajstić information content (AvgIpc) is 2.91. The van der Waals surface area contributed by atoms with Crippen molar-refractivity contribution in [3.63, 3.8) is 0 Å². The Balaban J connectivity index is 1.41. The van der Waals surface area contributed by atoms with Crippen molar-refractivity contribution in [3.8, 4) is 34.5 Å². The molecule has 37 heavy (non-hydrogen) atoms. The summed E-state index contributed by atoms with van der Waals surface area (Å²) in [6.07, 6.45) is -1.15. The lowest BCUT2D eigenvalue weighted by molar-refractivity contribution is -0.149. The van der Waals surface area contributed by atoms with Gasteiger partial charge in [0.25, 0.3) is 5.79 Å². The largest absolute Gasteiger partial charge is 0.507 e. The van der Waals surface area contributed by atoms with Crippen LogP contribution in [0.5, 0.6) is 34.5 Å². The lowest BCUT2D eigenvalue weighted by atomic mass is 9.76. The van der Waals surface area contributed by atoms with Crippen molar-refractivity contribution in [1.82, 2.24) is 0 Å². The van der Waals surface area contributed by atoms with Crippen molar-refractivity contribution < 1.29 is 34.6 Å². The molecule has 0 aliphatic carbocycles. The summed E-state index contributed by atoms with van der Waals surface area (Å²) in [6.45, 7) is 0. The Hall–Kier alpha value is -4.36. The number of hydrogen-bond donors (Lipinski definition) is 4. The van der Waals surface area contributed by atoms with E-state index in [-0.39, 0.29) is 29.6 Å². The highest BCUT2D eigenvalue weighted by atomic mass is 16.7. The fraction of sp³-hybridized carbons (Fsp3) is 0.200. The Morgan fingerprint density at radius 2 is 1.51 bits per heavy atom. The first-order valence-corrected chi connectivity index (χ1v) is 12.2. The van der Waals surface area contributed by atoms with Gasteiger partial charge in [-0.1, -0.05) is 54.6 Å². The van der Waals surface area contributed by atoms with Crippen LogP contribution in [0.1, 0.15) is 46.3 Å². The number of para-hydroxylation sites is 1. The molecule has 3 aliphatic rings. The molecule has 186 valence electrons. The van der Waals surface area contributed by atoms with E-state index in [1.54, 1.807) is 12.1 Å². The predicted octanol–water partition coefficient (Wildman–Crippen LogP) is 5.00. The molecule has 0 unspecified atom stereocenters. The quantitative estimate of drug-likeness (QED) is 0.289. The molecule has 4 N–H and O–H groups in total. The second kappa shape index (κ2) is 7.82. The van der Waals surface area contributed by atoms with Crippen LogP contribution in [0.4, 0.5) is 0 Å². The molecule has 4 aromatic carbocycles. The number of benzene rings is 4. The first-order valence-electron chi connectivity index (χ1n) is 12.2. The molecule has 4 atom stereocenters. The summed E-state index contributed by atoms with van der Waals surface area (Å²) in [6, 6.07) is 23.5. The highest BCUT2D eigenvalue weighted by Gasteiger charge is 2.52. The highest BCUT2D eigenvalue weighted by Crippen LogP contribution is 2.60. The van der Waals surface area contributed by atoms with E-state index < -0.39 is 18.0 Å². The summed E-state index contributed by atoms with van der Waals surface area (Å²) < 4.78 is 19.5. The SMILES string of the molecule is Oc1ccc([C@H]2Oc3c(c(O)cc4c3[C@H]3C[C@](c5ccccc5)(Oc5ccccc53)O4)C[C@@H]2O)cc1O. The topological polar surface area (TPSA) is 109 Å². The molecule has 0 spiro atoms. The number of hydrogen-bond acceptors (Lipinski definition) is 7. The van der Waals surface area contributed by atoms with Crippen LogP contribution < -0.4 is 14.2 Å². The minimum atomic E-state index is -1.08. The zero-order valence-electron chi connectivity index (χ0n) is 19.7. The Kier molecular flexibility index (Phi) is 4.62. The number of ether oxygens (including phenoxy) is 3. The summed E-state index contributed by atoms with van der Waals surface area (Å²) >= 11 is 0. The van der Waals surface area contributed by atoms with Crippen LogP contribution in [0, 0.1) is 0 Å². The van der Waals surface area contributed by atoms with Gasteiger partial charge in [0.2, 0.25) is 0 Å². The van der Waals surface area contributed by atoms with Crippen molar-refractivity contribution in [3.05, 3.63) is 107 Å². The van der Waals surface area contributed by atoms with Gasteiger partial charge in [0.05, 0.1) is 6.10 Å². The van der Waals surface area contributed by atoms with E-state index in [9.17, 15) is 20.4 Å². The molecule has 0 saturated carbocycles. The van der Waals surface area contributed by atoms with E-state index in [0.29, 0.717) is 34.8 Å². The maximum absolute atomic E-state index is 11.0. The van der Waals surface area contributed by atoms with Crippen LogP contribution in [0.25, 0.3) is 0 Å². The van der Waals surface area contributed by atoms with Gasteiger partial charge in [0.1, 0.15) is 29.1 Å². The van der Waals surface area contributed by atoms with Crippen LogP contribution in [-0.2, 0) is 12.2 Å². The summed E-state index contributed by atoms with van der Waals surface area (Å²) in [5, 5.41) is 41.8. The number of aliphatic hydroxyl groups excluding tert-OH is 1. The molecule has 0 radical (unpaired) electrons. The number of phenols is 3. The Labute approximate surface area is 212 Å². The van der Waals surface area contributed by atoms with Crippen molar-refractivity contribution in [2.45, 2.75) is 36.8 Å². The average molecular weight is 497 g/mol. The third kappa shape index (κ3) is 3.24. The molecule has 7 rings (SSSR count). The van der Waals surface area contributed by atoms with E-state index in [2.05, 4.69) is 0 Å². The zero-order valence-corrected chi connectivity index (χ0v) is 19.7. The molecule has 3 aliphatic heterocycles. The fourth-order valence-corrected chi connectivity index (χ4v) is 5.84. The molecular weight excluding hydrogens is 472 g/mol. The molecule has 0 fully saturated rings. The van der Waals surface area contributed by atoms with Crippen LogP contribution in [0.15, 0.2) is 78.9 Å². The van der Waals surface area contributed by atoms with Gasteiger partial charge in [-0.05, 0) is 23.8 Å². The van der Waals surface area contributed by atoms with Gasteiger partial charge in [-0.15, -0.1) is 0 Å². The van der Waals surface area contributed by atoms with E-state index in [1.807, 2.05) is 54.6 Å². The van der Waals surface area contributed by atoms with Crippen LogP contribution in [0.3, 0.4) is 0 Å². The lowest BCUT2D eigenvalue weighted by Crippen LogP contribution is -2.47. The summed E-state index contributed by atoms with van der Waals surface area (Å²) in [5.41, 5.74) is 3.65. The number of aliphatic hydroxyl groups is 1. The number of aromatic hydroxyl groups is 3. The van der Waals surface area contributed by atoms with Crippen molar-refractivity contribution in [2.75, 3.05) is 0 Å². The van der Waals surface area contributed by atoms with Gasteiger partial charge >= 0.3 is 0 Å². The second-order valence-corrected chi connectivity index (χ2v) is 9.79.